The van der Waals surface area contributed by atoms with Crippen molar-refractivity contribution in [1.82, 2.24) is 9.62 Å². The number of nitrogens with zero attached hydrogens (tertiary/aromatic N) is 1. The normalized spacial score (nSPS) is 11.5. The summed E-state index contributed by atoms with van der Waals surface area (Å²) in [4.78, 5) is 11.9. The van der Waals surface area contributed by atoms with Crippen LogP contribution < -0.4 is 10.1 Å². The van der Waals surface area contributed by atoms with Crippen LogP contribution in [0.3, 0.4) is 0 Å². The van der Waals surface area contributed by atoms with Crippen LogP contribution in [0.5, 0.6) is 5.75 Å². The number of benzene rings is 1. The maximum Gasteiger partial charge on any atom is 0.221 e. The van der Waals surface area contributed by atoms with Gasteiger partial charge in [0, 0.05) is 31.6 Å². The number of nitrogens with one attached hydrogen (secondary N) is 1. The van der Waals surface area contributed by atoms with E-state index < -0.39 is 10.0 Å². The van der Waals surface area contributed by atoms with Crippen molar-refractivity contribution in [2.75, 3.05) is 26.5 Å². The maximum atomic E-state index is 11.9. The summed E-state index contributed by atoms with van der Waals surface area (Å²) in [7, 11) is -1.70. The third kappa shape index (κ3) is 7.00. The first kappa shape index (κ1) is 19.4. The number of sulfonamides is 1. The Balaban J connectivity index is 2.49. The molecule has 0 spiro atoms. The minimum Gasteiger partial charge on any atom is -0.496 e. The van der Waals surface area contributed by atoms with Gasteiger partial charge in [0.1, 0.15) is 5.75 Å². The molecule has 1 rings (SSSR count). The van der Waals surface area contributed by atoms with Gasteiger partial charge >= 0.3 is 0 Å². The van der Waals surface area contributed by atoms with Crippen molar-refractivity contribution in [3.05, 3.63) is 29.8 Å². The number of hydrogen-bond acceptors (Lipinski definition) is 4. The molecule has 6 nitrogen and oxygen atoms in total. The summed E-state index contributed by atoms with van der Waals surface area (Å²) in [5.41, 5.74) is 0.884. The highest BCUT2D eigenvalue weighted by Gasteiger charge is 2.17. The van der Waals surface area contributed by atoms with Crippen LogP contribution >= 0.6 is 0 Å². The number of ether oxygens (including phenoxy) is 1. The van der Waals surface area contributed by atoms with Crippen molar-refractivity contribution >= 4 is 15.9 Å². The van der Waals surface area contributed by atoms with E-state index in [2.05, 4.69) is 5.32 Å². The number of carbonyl (C=O) groups excluding carboxylic acids is 1. The molecule has 0 radical (unpaired) electrons. The molecule has 0 aromatic heterocycles. The van der Waals surface area contributed by atoms with Gasteiger partial charge in [-0.3, -0.25) is 4.79 Å². The van der Waals surface area contributed by atoms with E-state index in [4.69, 9.17) is 4.74 Å². The van der Waals surface area contributed by atoms with Crippen molar-refractivity contribution in [2.45, 2.75) is 32.7 Å². The fourth-order valence-corrected chi connectivity index (χ4v) is 3.02. The lowest BCUT2D eigenvalue weighted by Crippen LogP contribution is -2.35. The van der Waals surface area contributed by atoms with E-state index >= 15 is 0 Å². The maximum absolute atomic E-state index is 11.9. The lowest BCUT2D eigenvalue weighted by Gasteiger charge is -2.19. The first-order valence-corrected chi connectivity index (χ1v) is 9.57. The van der Waals surface area contributed by atoms with Crippen molar-refractivity contribution in [2.24, 2.45) is 0 Å². The Hall–Kier alpha value is -1.60. The summed E-state index contributed by atoms with van der Waals surface area (Å²) < 4.78 is 30.0. The zero-order valence-corrected chi connectivity index (χ0v) is 14.9. The fraction of sp³-hybridized carbons (Fsp3) is 0.562. The zero-order chi connectivity index (χ0) is 17.3. The standard InChI is InChI=1S/C16H26N2O4S/c1-4-5-11-18(23(3,20)21)12-10-16(19)17-13-14-8-6-7-9-15(14)22-2/h6-9H,4-5,10-13H2,1-3H3,(H,17,19). The first-order valence-electron chi connectivity index (χ1n) is 7.72. The molecule has 23 heavy (non-hydrogen) atoms. The average molecular weight is 342 g/mol. The predicted molar refractivity (Wildman–Crippen MR) is 90.8 cm³/mol. The van der Waals surface area contributed by atoms with Gasteiger partial charge in [0.2, 0.25) is 15.9 Å². The third-order valence-electron chi connectivity index (χ3n) is 3.49. The summed E-state index contributed by atoms with van der Waals surface area (Å²) in [5.74, 6) is 0.537. The first-order chi connectivity index (χ1) is 10.9. The Morgan fingerprint density at radius 1 is 1.26 bits per heavy atom. The number of rotatable bonds is 10. The summed E-state index contributed by atoms with van der Waals surface area (Å²) in [6, 6.07) is 7.45. The molecule has 0 unspecified atom stereocenters. The number of hydrogen-bond donors (Lipinski definition) is 1. The molecule has 0 bridgehead atoms. The van der Waals surface area contributed by atoms with E-state index in [1.54, 1.807) is 7.11 Å². The molecule has 0 fully saturated rings. The van der Waals surface area contributed by atoms with Crippen LogP contribution in [0, 0.1) is 0 Å². The van der Waals surface area contributed by atoms with E-state index in [1.165, 1.54) is 10.6 Å². The molecule has 7 heteroatoms. The van der Waals surface area contributed by atoms with Crippen LogP contribution in [-0.2, 0) is 21.4 Å². The number of carbonyl (C=O) groups is 1. The second kappa shape index (κ2) is 9.52. The molecule has 1 aromatic rings. The van der Waals surface area contributed by atoms with Crippen LogP contribution in [0.15, 0.2) is 24.3 Å². The van der Waals surface area contributed by atoms with Gasteiger partial charge in [0.25, 0.3) is 0 Å². The van der Waals surface area contributed by atoms with E-state index in [9.17, 15) is 13.2 Å². The molecular formula is C16H26N2O4S. The highest BCUT2D eigenvalue weighted by atomic mass is 32.2. The quantitative estimate of drug-likeness (QED) is 0.703. The molecule has 130 valence electrons. The summed E-state index contributed by atoms with van der Waals surface area (Å²) in [5, 5.41) is 2.80. The van der Waals surface area contributed by atoms with Gasteiger partial charge in [-0.15, -0.1) is 0 Å². The molecule has 0 aliphatic rings. The van der Waals surface area contributed by atoms with Crippen molar-refractivity contribution in [3.8, 4) is 5.75 Å². The number of methoxy groups -OCH3 is 1. The Labute approximate surface area is 138 Å². The predicted octanol–water partition coefficient (Wildman–Crippen LogP) is 1.76. The molecule has 1 aromatic carbocycles. The summed E-state index contributed by atoms with van der Waals surface area (Å²) in [6.45, 7) is 3.02. The monoisotopic (exact) mass is 342 g/mol. The van der Waals surface area contributed by atoms with Gasteiger partial charge in [-0.05, 0) is 12.5 Å². The lowest BCUT2D eigenvalue weighted by atomic mass is 10.2. The van der Waals surface area contributed by atoms with Gasteiger partial charge in [-0.25, -0.2) is 12.7 Å². The van der Waals surface area contributed by atoms with Crippen molar-refractivity contribution in [1.29, 1.82) is 0 Å². The zero-order valence-electron chi connectivity index (χ0n) is 14.0. The van der Waals surface area contributed by atoms with Gasteiger partial charge in [-0.1, -0.05) is 31.5 Å². The van der Waals surface area contributed by atoms with Gasteiger partial charge in [-0.2, -0.15) is 0 Å². The Morgan fingerprint density at radius 3 is 2.57 bits per heavy atom. The molecule has 1 amide bonds. The van der Waals surface area contributed by atoms with E-state index in [0.717, 1.165) is 18.4 Å². The largest absolute Gasteiger partial charge is 0.496 e. The van der Waals surface area contributed by atoms with Gasteiger partial charge < -0.3 is 10.1 Å². The molecule has 0 aliphatic heterocycles. The SMILES string of the molecule is CCCCN(CCC(=O)NCc1ccccc1OC)S(C)(=O)=O. The van der Waals surface area contributed by atoms with Crippen molar-refractivity contribution < 1.29 is 17.9 Å². The Bertz CT molecular complexity index is 602. The Kier molecular flexibility index (Phi) is 8.05. The average Bonchev–Trinajstić information content (AvgIpc) is 2.51. The van der Waals surface area contributed by atoms with Gasteiger partial charge in [0.15, 0.2) is 0 Å². The molecule has 0 heterocycles. The number of unbranched alkanes of at least 4 members (excludes halogenated alkanes) is 1. The summed E-state index contributed by atoms with van der Waals surface area (Å²) >= 11 is 0. The molecule has 1 N–H and O–H groups in total. The van der Waals surface area contributed by atoms with E-state index in [1.807, 2.05) is 31.2 Å². The highest BCUT2D eigenvalue weighted by molar-refractivity contribution is 7.88. The molecule has 0 aliphatic carbocycles. The van der Waals surface area contributed by atoms with E-state index in [0.29, 0.717) is 18.8 Å². The molecule has 0 saturated heterocycles. The van der Waals surface area contributed by atoms with Crippen LogP contribution in [0.2, 0.25) is 0 Å². The molecular weight excluding hydrogens is 316 g/mol. The number of para-hydroxylation sites is 1. The van der Waals surface area contributed by atoms with Crippen molar-refractivity contribution in [3.63, 3.8) is 0 Å². The third-order valence-corrected chi connectivity index (χ3v) is 4.79. The summed E-state index contributed by atoms with van der Waals surface area (Å²) in [6.07, 6.45) is 3.02. The van der Waals surface area contributed by atoms with E-state index in [-0.39, 0.29) is 18.9 Å². The van der Waals surface area contributed by atoms with Crippen LogP contribution in [0.1, 0.15) is 31.7 Å². The van der Waals surface area contributed by atoms with Gasteiger partial charge in [0.05, 0.1) is 13.4 Å². The topological polar surface area (TPSA) is 75.7 Å². The highest BCUT2D eigenvalue weighted by Crippen LogP contribution is 2.16. The smallest absolute Gasteiger partial charge is 0.221 e. The second-order valence-corrected chi connectivity index (χ2v) is 7.34. The lowest BCUT2D eigenvalue weighted by molar-refractivity contribution is -0.121. The Morgan fingerprint density at radius 2 is 1.96 bits per heavy atom. The van der Waals surface area contributed by atoms with Crippen LogP contribution in [0.25, 0.3) is 0 Å². The second-order valence-electron chi connectivity index (χ2n) is 5.35. The molecule has 0 saturated carbocycles. The minimum atomic E-state index is -3.28. The minimum absolute atomic E-state index is 0.145. The number of amides is 1. The fourth-order valence-electron chi connectivity index (χ4n) is 2.14. The molecule has 0 atom stereocenters. The van der Waals surface area contributed by atoms with Crippen LogP contribution in [-0.4, -0.2) is 45.1 Å². The van der Waals surface area contributed by atoms with Crippen LogP contribution in [0.4, 0.5) is 0 Å².